The Morgan fingerprint density at radius 3 is 2.87 bits per heavy atom. The van der Waals surface area contributed by atoms with Gasteiger partial charge in [-0.3, -0.25) is 14.2 Å². The number of benzene rings is 1. The number of piperidine rings is 1. The molecule has 1 aliphatic rings. The molecule has 2 heterocycles. The molecule has 2 aromatic rings. The summed E-state index contributed by atoms with van der Waals surface area (Å²) in [6, 6.07) is 6.99. The third-order valence-corrected chi connectivity index (χ3v) is 4.35. The molecule has 2 atom stereocenters. The number of aromatic nitrogens is 2. The average molecular weight is 317 g/mol. The predicted molar refractivity (Wildman–Crippen MR) is 83.8 cm³/mol. The Balaban J connectivity index is 1.76. The molecule has 0 unspecified atom stereocenters. The van der Waals surface area contributed by atoms with Gasteiger partial charge in [-0.15, -0.1) is 0 Å². The summed E-state index contributed by atoms with van der Waals surface area (Å²) in [5, 5.41) is 19.5. The molecule has 7 nitrogen and oxygen atoms in total. The molecule has 0 bridgehead atoms. The summed E-state index contributed by atoms with van der Waals surface area (Å²) in [4.78, 5) is 30.5. The number of hydrogen-bond donors (Lipinski definition) is 2. The smallest absolute Gasteiger partial charge is 0.261 e. The number of hydrogen-bond acceptors (Lipinski definition) is 5. The SMILES string of the molecule is O=C(Cn1cnc2ccccc2c1=O)N1CC[C@H](CO)[C@H](O)C1. The quantitative estimate of drug-likeness (QED) is 0.803. The van der Waals surface area contributed by atoms with Crippen molar-refractivity contribution in [3.63, 3.8) is 0 Å². The zero-order valence-corrected chi connectivity index (χ0v) is 12.6. The average Bonchev–Trinajstić information content (AvgIpc) is 2.57. The highest BCUT2D eigenvalue weighted by Crippen LogP contribution is 2.17. The van der Waals surface area contributed by atoms with Gasteiger partial charge in [0, 0.05) is 25.6 Å². The zero-order valence-electron chi connectivity index (χ0n) is 12.6. The van der Waals surface area contributed by atoms with Crippen LogP contribution in [0.5, 0.6) is 0 Å². The third-order valence-electron chi connectivity index (χ3n) is 4.35. The normalized spacial score (nSPS) is 21.6. The van der Waals surface area contributed by atoms with Crippen LogP contribution < -0.4 is 5.56 Å². The van der Waals surface area contributed by atoms with Gasteiger partial charge in [0.15, 0.2) is 0 Å². The van der Waals surface area contributed by atoms with Crippen LogP contribution >= 0.6 is 0 Å². The molecule has 1 aliphatic heterocycles. The number of likely N-dealkylation sites (tertiary alicyclic amines) is 1. The van der Waals surface area contributed by atoms with Gasteiger partial charge in [0.2, 0.25) is 5.91 Å². The van der Waals surface area contributed by atoms with E-state index in [9.17, 15) is 14.7 Å². The van der Waals surface area contributed by atoms with Gasteiger partial charge in [-0.25, -0.2) is 4.98 Å². The molecule has 122 valence electrons. The minimum Gasteiger partial charge on any atom is -0.396 e. The molecule has 7 heteroatoms. The first-order chi connectivity index (χ1) is 11.1. The molecule has 23 heavy (non-hydrogen) atoms. The van der Waals surface area contributed by atoms with Crippen LogP contribution in [-0.2, 0) is 11.3 Å². The van der Waals surface area contributed by atoms with Crippen molar-refractivity contribution in [2.45, 2.75) is 19.1 Å². The van der Waals surface area contributed by atoms with Gasteiger partial charge >= 0.3 is 0 Å². The standard InChI is InChI=1S/C16H19N3O4/c20-9-11-5-6-18(7-14(11)21)15(22)8-19-10-17-13-4-2-1-3-12(13)16(19)23/h1-4,10-11,14,20-21H,5-9H2/t11-,14-/m1/s1. The fourth-order valence-electron chi connectivity index (χ4n) is 2.88. The maximum Gasteiger partial charge on any atom is 0.261 e. The van der Waals surface area contributed by atoms with E-state index in [1.165, 1.54) is 15.8 Å². The fourth-order valence-corrected chi connectivity index (χ4v) is 2.88. The lowest BCUT2D eigenvalue weighted by Gasteiger charge is -2.35. The van der Waals surface area contributed by atoms with E-state index in [2.05, 4.69) is 4.98 Å². The fraction of sp³-hybridized carbons (Fsp3) is 0.438. The molecule has 1 fully saturated rings. The number of nitrogens with zero attached hydrogens (tertiary/aromatic N) is 3. The zero-order chi connectivity index (χ0) is 16.4. The van der Waals surface area contributed by atoms with Gasteiger partial charge in [0.05, 0.1) is 23.3 Å². The number of carbonyl (C=O) groups excluding carboxylic acids is 1. The number of rotatable bonds is 3. The highest BCUT2D eigenvalue weighted by atomic mass is 16.3. The van der Waals surface area contributed by atoms with E-state index in [-0.39, 0.29) is 37.1 Å². The number of carbonyl (C=O) groups is 1. The second-order valence-electron chi connectivity index (χ2n) is 5.83. The Labute approximate surface area is 132 Å². The Bertz CT molecular complexity index is 773. The van der Waals surface area contributed by atoms with E-state index >= 15 is 0 Å². The van der Waals surface area contributed by atoms with Crippen LogP contribution in [0, 0.1) is 5.92 Å². The monoisotopic (exact) mass is 317 g/mol. The van der Waals surface area contributed by atoms with Crippen molar-refractivity contribution in [1.29, 1.82) is 0 Å². The Morgan fingerprint density at radius 2 is 2.13 bits per heavy atom. The van der Waals surface area contributed by atoms with Crippen LogP contribution in [0.15, 0.2) is 35.4 Å². The molecule has 1 amide bonds. The van der Waals surface area contributed by atoms with Crippen molar-refractivity contribution in [2.24, 2.45) is 5.92 Å². The van der Waals surface area contributed by atoms with Crippen LogP contribution in [0.25, 0.3) is 10.9 Å². The van der Waals surface area contributed by atoms with E-state index in [0.717, 1.165) is 0 Å². The molecular formula is C16H19N3O4. The first-order valence-corrected chi connectivity index (χ1v) is 7.61. The third kappa shape index (κ3) is 3.11. The summed E-state index contributed by atoms with van der Waals surface area (Å²) < 4.78 is 1.29. The van der Waals surface area contributed by atoms with Crippen LogP contribution in [-0.4, -0.2) is 56.4 Å². The maximum atomic E-state index is 12.4. The minimum absolute atomic E-state index is 0.0861. The van der Waals surface area contributed by atoms with Crippen molar-refractivity contribution in [2.75, 3.05) is 19.7 Å². The minimum atomic E-state index is -0.732. The van der Waals surface area contributed by atoms with Gasteiger partial charge in [-0.1, -0.05) is 12.1 Å². The van der Waals surface area contributed by atoms with Crippen LogP contribution in [0.3, 0.4) is 0 Å². The number of fused-ring (bicyclic) bond motifs is 1. The first kappa shape index (κ1) is 15.6. The van der Waals surface area contributed by atoms with Crippen LogP contribution in [0.4, 0.5) is 0 Å². The van der Waals surface area contributed by atoms with Crippen molar-refractivity contribution in [3.8, 4) is 0 Å². The molecule has 0 spiro atoms. The second-order valence-corrected chi connectivity index (χ2v) is 5.83. The van der Waals surface area contributed by atoms with E-state index < -0.39 is 6.10 Å². The summed E-state index contributed by atoms with van der Waals surface area (Å²) in [7, 11) is 0. The van der Waals surface area contributed by atoms with Crippen molar-refractivity contribution in [1.82, 2.24) is 14.5 Å². The second kappa shape index (κ2) is 6.47. The topological polar surface area (TPSA) is 95.7 Å². The number of para-hydroxylation sites is 1. The van der Waals surface area contributed by atoms with Crippen LogP contribution in [0.1, 0.15) is 6.42 Å². The number of amides is 1. The van der Waals surface area contributed by atoms with E-state index in [1.807, 2.05) is 0 Å². The van der Waals surface area contributed by atoms with E-state index in [1.54, 1.807) is 24.3 Å². The van der Waals surface area contributed by atoms with Gasteiger partial charge in [0.1, 0.15) is 6.54 Å². The number of aliphatic hydroxyl groups excluding tert-OH is 2. The van der Waals surface area contributed by atoms with Crippen molar-refractivity contribution in [3.05, 3.63) is 40.9 Å². The Kier molecular flexibility index (Phi) is 4.40. The van der Waals surface area contributed by atoms with Gasteiger partial charge in [-0.05, 0) is 18.6 Å². The first-order valence-electron chi connectivity index (χ1n) is 7.61. The highest BCUT2D eigenvalue weighted by molar-refractivity contribution is 5.79. The maximum absolute atomic E-state index is 12.4. The Hall–Kier alpha value is -2.25. The summed E-state index contributed by atoms with van der Waals surface area (Å²) >= 11 is 0. The summed E-state index contributed by atoms with van der Waals surface area (Å²) in [5.74, 6) is -0.427. The van der Waals surface area contributed by atoms with Gasteiger partial charge in [-0.2, -0.15) is 0 Å². The Morgan fingerprint density at radius 1 is 1.35 bits per heavy atom. The summed E-state index contributed by atoms with van der Waals surface area (Å²) in [6.07, 6.45) is 1.19. The highest BCUT2D eigenvalue weighted by Gasteiger charge is 2.29. The summed E-state index contributed by atoms with van der Waals surface area (Å²) in [5.41, 5.74) is 0.343. The molecular weight excluding hydrogens is 298 g/mol. The molecule has 1 aromatic carbocycles. The molecule has 0 aliphatic carbocycles. The van der Waals surface area contributed by atoms with Gasteiger partial charge in [0.25, 0.3) is 5.56 Å². The van der Waals surface area contributed by atoms with E-state index in [0.29, 0.717) is 23.9 Å². The lowest BCUT2D eigenvalue weighted by Crippen LogP contribution is -2.49. The largest absolute Gasteiger partial charge is 0.396 e. The van der Waals surface area contributed by atoms with Crippen LogP contribution in [0.2, 0.25) is 0 Å². The predicted octanol–water partition coefficient (Wildman–Crippen LogP) is -0.402. The summed E-state index contributed by atoms with van der Waals surface area (Å²) in [6.45, 7) is 0.459. The molecule has 2 N–H and O–H groups in total. The van der Waals surface area contributed by atoms with E-state index in [4.69, 9.17) is 5.11 Å². The van der Waals surface area contributed by atoms with Crippen molar-refractivity contribution >= 4 is 16.8 Å². The number of aliphatic hydroxyl groups is 2. The molecule has 3 rings (SSSR count). The number of β-amino-alcohol motifs (C(OH)–C–C–N with tert-alkyl or cyclic N) is 1. The molecule has 1 aromatic heterocycles. The van der Waals surface area contributed by atoms with Crippen molar-refractivity contribution < 1.29 is 15.0 Å². The van der Waals surface area contributed by atoms with Gasteiger partial charge < -0.3 is 15.1 Å². The lowest BCUT2D eigenvalue weighted by atomic mass is 9.95. The lowest BCUT2D eigenvalue weighted by molar-refractivity contribution is -0.137. The molecule has 0 radical (unpaired) electrons. The molecule has 1 saturated heterocycles. The molecule has 0 saturated carbocycles.